The number of ether oxygens (including phenoxy) is 1. The number of para-hydroxylation sites is 2. The van der Waals surface area contributed by atoms with Gasteiger partial charge in [0.25, 0.3) is 5.56 Å². The number of hydrogen-bond acceptors (Lipinski definition) is 5. The van der Waals surface area contributed by atoms with Crippen LogP contribution in [0.2, 0.25) is 0 Å². The van der Waals surface area contributed by atoms with Crippen LogP contribution in [0.1, 0.15) is 25.0 Å². The third-order valence-corrected chi connectivity index (χ3v) is 5.30. The van der Waals surface area contributed by atoms with E-state index >= 15 is 0 Å². The van der Waals surface area contributed by atoms with E-state index in [0.717, 1.165) is 18.4 Å². The molecule has 0 unspecified atom stereocenters. The Morgan fingerprint density at radius 1 is 1.19 bits per heavy atom. The summed E-state index contributed by atoms with van der Waals surface area (Å²) >= 11 is 0. The zero-order chi connectivity index (χ0) is 18.8. The van der Waals surface area contributed by atoms with Crippen LogP contribution in [-0.2, 0) is 16.0 Å². The molecule has 3 heterocycles. The largest absolute Gasteiger partial charge is 0.448 e. The van der Waals surface area contributed by atoms with E-state index in [0.29, 0.717) is 43.9 Å². The number of cyclic esters (lactones) is 1. The van der Waals surface area contributed by atoms with E-state index < -0.39 is 0 Å². The highest BCUT2D eigenvalue weighted by molar-refractivity contribution is 5.77. The average Bonchev–Trinajstić information content (AvgIpc) is 3.12. The minimum Gasteiger partial charge on any atom is -0.448 e. The first kappa shape index (κ1) is 17.5. The second-order valence-corrected chi connectivity index (χ2v) is 6.95. The predicted molar refractivity (Wildman–Crippen MR) is 98.3 cm³/mol. The number of carbonyl (C=O) groups is 2. The molecule has 2 fully saturated rings. The Morgan fingerprint density at radius 3 is 2.70 bits per heavy atom. The highest BCUT2D eigenvalue weighted by atomic mass is 16.6. The summed E-state index contributed by atoms with van der Waals surface area (Å²) in [4.78, 5) is 47.1. The fraction of sp³-hybridized carbons (Fsp3) is 0.474. The number of fused-ring (bicyclic) bond motifs is 1. The van der Waals surface area contributed by atoms with Crippen molar-refractivity contribution in [2.75, 3.05) is 26.2 Å². The van der Waals surface area contributed by atoms with Crippen LogP contribution in [0.5, 0.6) is 0 Å². The van der Waals surface area contributed by atoms with Crippen LogP contribution in [0.15, 0.2) is 29.1 Å². The van der Waals surface area contributed by atoms with Crippen LogP contribution in [0.3, 0.4) is 0 Å². The van der Waals surface area contributed by atoms with Gasteiger partial charge in [-0.3, -0.25) is 9.59 Å². The number of carbonyl (C=O) groups excluding carboxylic acids is 2. The number of H-pyrrole nitrogens is 1. The Labute approximate surface area is 156 Å². The van der Waals surface area contributed by atoms with E-state index in [1.54, 1.807) is 11.0 Å². The fourth-order valence-electron chi connectivity index (χ4n) is 3.78. The van der Waals surface area contributed by atoms with Crippen molar-refractivity contribution < 1.29 is 14.3 Å². The Kier molecular flexibility index (Phi) is 4.79. The van der Waals surface area contributed by atoms with Gasteiger partial charge in [0.1, 0.15) is 12.3 Å². The monoisotopic (exact) mass is 370 g/mol. The van der Waals surface area contributed by atoms with Gasteiger partial charge in [0.15, 0.2) is 0 Å². The van der Waals surface area contributed by atoms with Gasteiger partial charge in [-0.25, -0.2) is 9.78 Å². The smallest absolute Gasteiger partial charge is 0.410 e. The summed E-state index contributed by atoms with van der Waals surface area (Å²) in [5, 5.41) is 0. The lowest BCUT2D eigenvalue weighted by Crippen LogP contribution is -2.47. The van der Waals surface area contributed by atoms with E-state index in [2.05, 4.69) is 9.97 Å². The van der Waals surface area contributed by atoms with E-state index in [9.17, 15) is 14.4 Å². The zero-order valence-corrected chi connectivity index (χ0v) is 15.0. The van der Waals surface area contributed by atoms with Crippen molar-refractivity contribution in [2.24, 2.45) is 0 Å². The molecule has 2 aliphatic rings. The summed E-state index contributed by atoms with van der Waals surface area (Å²) in [6, 6.07) is 7.50. The first-order chi connectivity index (χ1) is 13.1. The quantitative estimate of drug-likeness (QED) is 0.875. The molecule has 0 aliphatic carbocycles. The third-order valence-electron chi connectivity index (χ3n) is 5.30. The lowest BCUT2D eigenvalue weighted by molar-refractivity contribution is -0.132. The van der Waals surface area contributed by atoms with Crippen LogP contribution in [-0.4, -0.2) is 64.1 Å². The van der Waals surface area contributed by atoms with Gasteiger partial charge in [0, 0.05) is 32.0 Å². The maximum absolute atomic E-state index is 12.5. The van der Waals surface area contributed by atoms with Gasteiger partial charge < -0.3 is 19.5 Å². The molecular formula is C19H22N4O4. The van der Waals surface area contributed by atoms with Crippen LogP contribution < -0.4 is 5.56 Å². The third kappa shape index (κ3) is 3.65. The summed E-state index contributed by atoms with van der Waals surface area (Å²) in [5.74, 6) is 0.0202. The molecule has 142 valence electrons. The number of likely N-dealkylation sites (tertiary alicyclic amines) is 1. The molecule has 2 aliphatic heterocycles. The molecule has 2 amide bonds. The fourth-order valence-corrected chi connectivity index (χ4v) is 3.78. The molecule has 2 saturated heterocycles. The molecule has 8 heteroatoms. The number of nitrogens with zero attached hydrogens (tertiary/aromatic N) is 3. The Hall–Kier alpha value is -2.90. The van der Waals surface area contributed by atoms with Crippen molar-refractivity contribution in [3.8, 4) is 0 Å². The highest BCUT2D eigenvalue weighted by Crippen LogP contribution is 2.20. The van der Waals surface area contributed by atoms with Gasteiger partial charge >= 0.3 is 6.09 Å². The van der Waals surface area contributed by atoms with Crippen molar-refractivity contribution in [2.45, 2.75) is 31.7 Å². The number of piperidine rings is 1. The van der Waals surface area contributed by atoms with E-state index in [-0.39, 0.29) is 30.0 Å². The summed E-state index contributed by atoms with van der Waals surface area (Å²) in [6.07, 6.45) is 1.84. The molecule has 0 bridgehead atoms. The average molecular weight is 370 g/mol. The molecular weight excluding hydrogens is 348 g/mol. The maximum Gasteiger partial charge on any atom is 0.410 e. The molecule has 1 N–H and O–H groups in total. The Balaban J connectivity index is 1.33. The van der Waals surface area contributed by atoms with Crippen molar-refractivity contribution in [3.05, 3.63) is 40.3 Å². The number of hydrogen-bond donors (Lipinski definition) is 1. The molecule has 27 heavy (non-hydrogen) atoms. The van der Waals surface area contributed by atoms with E-state index in [1.165, 1.54) is 0 Å². The van der Waals surface area contributed by atoms with Crippen molar-refractivity contribution in [1.29, 1.82) is 0 Å². The summed E-state index contributed by atoms with van der Waals surface area (Å²) < 4.78 is 4.99. The molecule has 0 saturated carbocycles. The van der Waals surface area contributed by atoms with Gasteiger partial charge in [-0.15, -0.1) is 0 Å². The first-order valence-electron chi connectivity index (χ1n) is 9.31. The number of aryl methyl sites for hydroxylation is 1. The standard InChI is InChI=1S/C19H22N4O4/c24-17(22-9-7-13(8-10-22)23-11-12-27-19(23)26)6-5-16-18(25)21-15-4-2-1-3-14(15)20-16/h1-4,13H,5-12H2,(H,21,25). The van der Waals surface area contributed by atoms with Crippen molar-refractivity contribution in [1.82, 2.24) is 19.8 Å². The normalized spacial score (nSPS) is 18.1. The van der Waals surface area contributed by atoms with Gasteiger partial charge in [-0.1, -0.05) is 12.1 Å². The number of aromatic nitrogens is 2. The number of benzene rings is 1. The SMILES string of the molecule is O=C(CCc1nc2ccccc2[nH]c1=O)N1CCC(N2CCOC2=O)CC1. The molecule has 2 aromatic rings. The van der Waals surface area contributed by atoms with E-state index in [4.69, 9.17) is 4.74 Å². The summed E-state index contributed by atoms with van der Waals surface area (Å²) in [5.41, 5.74) is 1.56. The summed E-state index contributed by atoms with van der Waals surface area (Å²) in [6.45, 7) is 2.32. The number of aromatic amines is 1. The van der Waals surface area contributed by atoms with Gasteiger partial charge in [0.05, 0.1) is 17.6 Å². The molecule has 0 radical (unpaired) electrons. The lowest BCUT2D eigenvalue weighted by atomic mass is 10.0. The summed E-state index contributed by atoms with van der Waals surface area (Å²) in [7, 11) is 0. The molecule has 1 aromatic carbocycles. The minimum atomic E-state index is -0.249. The van der Waals surface area contributed by atoms with E-state index in [1.807, 2.05) is 23.1 Å². The van der Waals surface area contributed by atoms with Gasteiger partial charge in [-0.2, -0.15) is 0 Å². The molecule has 8 nitrogen and oxygen atoms in total. The molecule has 1 aromatic heterocycles. The molecule has 0 spiro atoms. The van der Waals surface area contributed by atoms with Crippen LogP contribution in [0, 0.1) is 0 Å². The Morgan fingerprint density at radius 2 is 1.96 bits per heavy atom. The maximum atomic E-state index is 12.5. The highest BCUT2D eigenvalue weighted by Gasteiger charge is 2.33. The number of amides is 2. The van der Waals surface area contributed by atoms with Crippen LogP contribution in [0.25, 0.3) is 11.0 Å². The molecule has 0 atom stereocenters. The second kappa shape index (κ2) is 7.38. The first-order valence-corrected chi connectivity index (χ1v) is 9.31. The van der Waals surface area contributed by atoms with Crippen LogP contribution in [0.4, 0.5) is 4.79 Å². The zero-order valence-electron chi connectivity index (χ0n) is 15.0. The minimum absolute atomic E-state index is 0.0202. The topological polar surface area (TPSA) is 95.6 Å². The van der Waals surface area contributed by atoms with Gasteiger partial charge in [-0.05, 0) is 25.0 Å². The van der Waals surface area contributed by atoms with Crippen molar-refractivity contribution >= 4 is 23.0 Å². The lowest BCUT2D eigenvalue weighted by Gasteiger charge is -2.35. The second-order valence-electron chi connectivity index (χ2n) is 6.95. The Bertz CT molecular complexity index is 917. The van der Waals surface area contributed by atoms with Crippen LogP contribution >= 0.6 is 0 Å². The van der Waals surface area contributed by atoms with Gasteiger partial charge in [0.2, 0.25) is 5.91 Å². The number of nitrogens with one attached hydrogen (secondary N) is 1. The predicted octanol–water partition coefficient (Wildman–Crippen LogP) is 1.30. The molecule has 4 rings (SSSR count). The van der Waals surface area contributed by atoms with Crippen molar-refractivity contribution in [3.63, 3.8) is 0 Å². The number of rotatable bonds is 4.